The Hall–Kier alpha value is -2.31. The molecule has 0 saturated carbocycles. The van der Waals surface area contributed by atoms with Crippen LogP contribution in [0.15, 0.2) is 34.9 Å². The van der Waals surface area contributed by atoms with Gasteiger partial charge in [0.25, 0.3) is 0 Å². The zero-order chi connectivity index (χ0) is 16.4. The second kappa shape index (κ2) is 6.44. The average Bonchev–Trinajstić information content (AvgIpc) is 2.88. The van der Waals surface area contributed by atoms with Crippen LogP contribution in [-0.2, 0) is 0 Å². The van der Waals surface area contributed by atoms with Gasteiger partial charge in [-0.2, -0.15) is 4.98 Å². The standard InChI is InChI=1S/C15H13Cl2N5O/c1-8-6-12(20-13-7-9(2)23-22-13)21-15(18-8)19-11-5-3-4-10(16)14(11)17/h3-7H,1-2H3,(H2,18,19,20,21,22). The molecule has 0 aliphatic carbocycles. The van der Waals surface area contributed by atoms with Crippen LogP contribution < -0.4 is 10.6 Å². The van der Waals surface area contributed by atoms with Gasteiger partial charge in [-0.3, -0.25) is 0 Å². The van der Waals surface area contributed by atoms with Gasteiger partial charge >= 0.3 is 0 Å². The zero-order valence-electron chi connectivity index (χ0n) is 12.4. The predicted molar refractivity (Wildman–Crippen MR) is 91.0 cm³/mol. The summed E-state index contributed by atoms with van der Waals surface area (Å²) in [6.07, 6.45) is 0. The maximum absolute atomic E-state index is 6.17. The van der Waals surface area contributed by atoms with E-state index in [1.54, 1.807) is 30.3 Å². The topological polar surface area (TPSA) is 75.9 Å². The summed E-state index contributed by atoms with van der Waals surface area (Å²) in [6, 6.07) is 8.89. The van der Waals surface area contributed by atoms with Crippen molar-refractivity contribution in [3.8, 4) is 0 Å². The molecule has 3 aromatic rings. The molecule has 2 heterocycles. The van der Waals surface area contributed by atoms with E-state index in [-0.39, 0.29) is 0 Å². The van der Waals surface area contributed by atoms with Gasteiger partial charge in [-0.15, -0.1) is 0 Å². The van der Waals surface area contributed by atoms with Crippen molar-refractivity contribution < 1.29 is 4.52 Å². The minimum Gasteiger partial charge on any atom is -0.360 e. The van der Waals surface area contributed by atoms with Crippen LogP contribution in [0, 0.1) is 13.8 Å². The maximum Gasteiger partial charge on any atom is 0.229 e. The lowest BCUT2D eigenvalue weighted by Crippen LogP contribution is -2.02. The maximum atomic E-state index is 6.17. The molecule has 0 atom stereocenters. The van der Waals surface area contributed by atoms with Gasteiger partial charge in [0.05, 0.1) is 15.7 Å². The van der Waals surface area contributed by atoms with Crippen molar-refractivity contribution in [2.75, 3.05) is 10.6 Å². The number of aromatic nitrogens is 3. The molecule has 0 aliphatic heterocycles. The van der Waals surface area contributed by atoms with Gasteiger partial charge in [0, 0.05) is 17.8 Å². The first-order chi connectivity index (χ1) is 11.0. The second-order valence-electron chi connectivity index (χ2n) is 4.89. The fourth-order valence-corrected chi connectivity index (χ4v) is 2.31. The van der Waals surface area contributed by atoms with Crippen LogP contribution in [0.1, 0.15) is 11.5 Å². The third kappa shape index (κ3) is 3.72. The summed E-state index contributed by atoms with van der Waals surface area (Å²) in [5, 5.41) is 10.9. The molecule has 23 heavy (non-hydrogen) atoms. The third-order valence-electron chi connectivity index (χ3n) is 2.94. The van der Waals surface area contributed by atoms with Crippen LogP contribution in [0.2, 0.25) is 10.0 Å². The Balaban J connectivity index is 1.86. The molecule has 0 aliphatic rings. The van der Waals surface area contributed by atoms with Crippen molar-refractivity contribution in [3.05, 3.63) is 51.8 Å². The summed E-state index contributed by atoms with van der Waals surface area (Å²) in [5.41, 5.74) is 1.41. The molecule has 3 rings (SSSR count). The normalized spacial score (nSPS) is 10.6. The smallest absolute Gasteiger partial charge is 0.229 e. The highest BCUT2D eigenvalue weighted by Gasteiger charge is 2.09. The number of rotatable bonds is 4. The molecule has 2 N–H and O–H groups in total. The molecule has 0 radical (unpaired) electrons. The number of benzene rings is 1. The summed E-state index contributed by atoms with van der Waals surface area (Å²) in [6.45, 7) is 3.68. The average molecular weight is 350 g/mol. The summed E-state index contributed by atoms with van der Waals surface area (Å²) >= 11 is 12.2. The highest BCUT2D eigenvalue weighted by Crippen LogP contribution is 2.31. The first-order valence-corrected chi connectivity index (χ1v) is 7.54. The molecule has 0 amide bonds. The molecule has 0 fully saturated rings. The predicted octanol–water partition coefficient (Wildman–Crippen LogP) is 4.88. The Bertz CT molecular complexity index is 850. The highest BCUT2D eigenvalue weighted by atomic mass is 35.5. The van der Waals surface area contributed by atoms with Crippen LogP contribution in [0.25, 0.3) is 0 Å². The largest absolute Gasteiger partial charge is 0.360 e. The van der Waals surface area contributed by atoms with Crippen molar-refractivity contribution in [2.24, 2.45) is 0 Å². The van der Waals surface area contributed by atoms with Gasteiger partial charge in [0.1, 0.15) is 11.6 Å². The molecular weight excluding hydrogens is 337 g/mol. The van der Waals surface area contributed by atoms with E-state index in [0.29, 0.717) is 39.1 Å². The molecule has 8 heteroatoms. The number of nitrogens with zero attached hydrogens (tertiary/aromatic N) is 3. The van der Waals surface area contributed by atoms with Gasteiger partial charge in [0.2, 0.25) is 5.95 Å². The van der Waals surface area contributed by atoms with E-state index in [1.165, 1.54) is 0 Å². The summed E-state index contributed by atoms with van der Waals surface area (Å²) in [7, 11) is 0. The highest BCUT2D eigenvalue weighted by molar-refractivity contribution is 6.43. The second-order valence-corrected chi connectivity index (χ2v) is 5.68. The van der Waals surface area contributed by atoms with Crippen molar-refractivity contribution in [3.63, 3.8) is 0 Å². The molecule has 0 saturated heterocycles. The Kier molecular flexibility index (Phi) is 4.36. The van der Waals surface area contributed by atoms with Gasteiger partial charge in [-0.05, 0) is 26.0 Å². The molecular formula is C15H13Cl2N5O. The third-order valence-corrected chi connectivity index (χ3v) is 3.76. The lowest BCUT2D eigenvalue weighted by molar-refractivity contribution is 0.400. The summed E-state index contributed by atoms with van der Waals surface area (Å²) in [4.78, 5) is 8.73. The number of nitrogens with one attached hydrogen (secondary N) is 2. The molecule has 0 spiro atoms. The summed E-state index contributed by atoms with van der Waals surface area (Å²) < 4.78 is 5.02. The van der Waals surface area contributed by atoms with Gasteiger partial charge in [-0.25, -0.2) is 4.98 Å². The number of anilines is 4. The molecule has 0 bridgehead atoms. The lowest BCUT2D eigenvalue weighted by Gasteiger charge is -2.10. The van der Waals surface area contributed by atoms with Crippen molar-refractivity contribution in [2.45, 2.75) is 13.8 Å². The van der Waals surface area contributed by atoms with E-state index in [2.05, 4.69) is 25.8 Å². The minimum atomic E-state index is 0.400. The van der Waals surface area contributed by atoms with Crippen LogP contribution in [0.3, 0.4) is 0 Å². The molecule has 1 aromatic carbocycles. The molecule has 118 valence electrons. The Morgan fingerprint density at radius 1 is 1.00 bits per heavy atom. The van der Waals surface area contributed by atoms with E-state index < -0.39 is 0 Å². The van der Waals surface area contributed by atoms with Crippen molar-refractivity contribution >= 4 is 46.5 Å². The lowest BCUT2D eigenvalue weighted by atomic mass is 10.3. The fraction of sp³-hybridized carbons (Fsp3) is 0.133. The first kappa shape index (κ1) is 15.6. The van der Waals surface area contributed by atoms with Crippen LogP contribution in [0.5, 0.6) is 0 Å². The van der Waals surface area contributed by atoms with Crippen LogP contribution in [0.4, 0.5) is 23.3 Å². The van der Waals surface area contributed by atoms with Gasteiger partial charge < -0.3 is 15.2 Å². The quantitative estimate of drug-likeness (QED) is 0.699. The Morgan fingerprint density at radius 3 is 2.57 bits per heavy atom. The molecule has 6 nitrogen and oxygen atoms in total. The van der Waals surface area contributed by atoms with Crippen LogP contribution >= 0.6 is 23.2 Å². The van der Waals surface area contributed by atoms with E-state index in [9.17, 15) is 0 Å². The van der Waals surface area contributed by atoms with Gasteiger partial charge in [0.15, 0.2) is 5.82 Å². The Morgan fingerprint density at radius 2 is 1.83 bits per heavy atom. The fourth-order valence-electron chi connectivity index (χ4n) is 1.97. The van der Waals surface area contributed by atoms with Gasteiger partial charge in [-0.1, -0.05) is 34.4 Å². The van der Waals surface area contributed by atoms with E-state index >= 15 is 0 Å². The molecule has 2 aromatic heterocycles. The van der Waals surface area contributed by atoms with E-state index in [4.69, 9.17) is 27.7 Å². The van der Waals surface area contributed by atoms with Crippen molar-refractivity contribution in [1.29, 1.82) is 0 Å². The molecule has 0 unspecified atom stereocenters. The zero-order valence-corrected chi connectivity index (χ0v) is 13.9. The number of hydrogen-bond donors (Lipinski definition) is 2. The number of hydrogen-bond acceptors (Lipinski definition) is 6. The number of aryl methyl sites for hydroxylation is 2. The first-order valence-electron chi connectivity index (χ1n) is 6.78. The SMILES string of the molecule is Cc1cc(Nc2cc(C)on2)nc(Nc2cccc(Cl)c2Cl)n1. The summed E-state index contributed by atoms with van der Waals surface area (Å²) in [5.74, 6) is 2.28. The monoisotopic (exact) mass is 349 g/mol. The van der Waals surface area contributed by atoms with E-state index in [1.807, 2.05) is 13.8 Å². The Labute approximate surface area is 142 Å². The number of halogens is 2. The van der Waals surface area contributed by atoms with Crippen molar-refractivity contribution in [1.82, 2.24) is 15.1 Å². The minimum absolute atomic E-state index is 0.400. The van der Waals surface area contributed by atoms with E-state index in [0.717, 1.165) is 5.69 Å². The van der Waals surface area contributed by atoms with Crippen LogP contribution in [-0.4, -0.2) is 15.1 Å².